The molecule has 2 heterocycles. The van der Waals surface area contributed by atoms with Crippen molar-refractivity contribution in [1.82, 2.24) is 10.2 Å². The van der Waals surface area contributed by atoms with Gasteiger partial charge in [0.25, 0.3) is 0 Å². The number of rotatable bonds is 0. The summed E-state index contributed by atoms with van der Waals surface area (Å²) in [5.74, 6) is 0.834. The molecule has 3 nitrogen and oxygen atoms in total. The lowest BCUT2D eigenvalue weighted by Crippen LogP contribution is -2.42. The second kappa shape index (κ2) is 2.90. The highest BCUT2D eigenvalue weighted by Gasteiger charge is 2.28. The molecule has 3 heteroatoms. The van der Waals surface area contributed by atoms with Crippen LogP contribution < -0.4 is 5.32 Å². The van der Waals surface area contributed by atoms with Crippen LogP contribution in [0.3, 0.4) is 0 Å². The minimum Gasteiger partial charge on any atom is -0.319 e. The van der Waals surface area contributed by atoms with Gasteiger partial charge in [-0.05, 0) is 6.42 Å². The first-order valence-corrected chi connectivity index (χ1v) is 4.46. The third kappa shape index (κ3) is 1.14. The van der Waals surface area contributed by atoms with Crippen LogP contribution in [0.15, 0.2) is 11.8 Å². The SMILES string of the molecule is CN1C(=O)CCC2CNCC=C21. The highest BCUT2D eigenvalue weighted by Crippen LogP contribution is 2.27. The fourth-order valence-corrected chi connectivity index (χ4v) is 1.98. The molecule has 0 bridgehead atoms. The van der Waals surface area contributed by atoms with Crippen LogP contribution in [-0.2, 0) is 4.79 Å². The number of nitrogens with one attached hydrogen (secondary N) is 1. The quantitative estimate of drug-likeness (QED) is 0.563. The van der Waals surface area contributed by atoms with Crippen molar-refractivity contribution in [3.8, 4) is 0 Å². The van der Waals surface area contributed by atoms with Gasteiger partial charge in [0, 0.05) is 38.2 Å². The molecule has 66 valence electrons. The van der Waals surface area contributed by atoms with Gasteiger partial charge in [-0.1, -0.05) is 6.08 Å². The molecule has 1 fully saturated rings. The maximum atomic E-state index is 11.3. The molecular weight excluding hydrogens is 152 g/mol. The smallest absolute Gasteiger partial charge is 0.226 e. The van der Waals surface area contributed by atoms with Crippen molar-refractivity contribution in [3.63, 3.8) is 0 Å². The summed E-state index contributed by atoms with van der Waals surface area (Å²) < 4.78 is 0. The first kappa shape index (κ1) is 7.80. The minimum atomic E-state index is 0.263. The van der Waals surface area contributed by atoms with Crippen molar-refractivity contribution in [2.75, 3.05) is 20.1 Å². The zero-order valence-corrected chi connectivity index (χ0v) is 7.34. The molecule has 1 atom stereocenters. The molecule has 2 aliphatic heterocycles. The third-order valence-corrected chi connectivity index (χ3v) is 2.73. The van der Waals surface area contributed by atoms with Gasteiger partial charge in [0.2, 0.25) is 5.91 Å². The molecular formula is C9H14N2O. The predicted molar refractivity (Wildman–Crippen MR) is 46.4 cm³/mol. The monoisotopic (exact) mass is 166 g/mol. The average Bonchev–Trinajstić information content (AvgIpc) is 2.12. The molecule has 1 saturated heterocycles. The molecule has 2 aliphatic rings. The third-order valence-electron chi connectivity index (χ3n) is 2.73. The number of carbonyl (C=O) groups excluding carboxylic acids is 1. The molecule has 0 spiro atoms. The highest BCUT2D eigenvalue weighted by atomic mass is 16.2. The van der Waals surface area contributed by atoms with E-state index in [4.69, 9.17) is 0 Å². The lowest BCUT2D eigenvalue weighted by Gasteiger charge is -2.35. The normalized spacial score (nSPS) is 29.8. The number of carbonyl (C=O) groups is 1. The number of nitrogens with zero attached hydrogens (tertiary/aromatic N) is 1. The summed E-state index contributed by atoms with van der Waals surface area (Å²) in [5.41, 5.74) is 1.23. The average molecular weight is 166 g/mol. The van der Waals surface area contributed by atoms with Gasteiger partial charge < -0.3 is 10.2 Å². The van der Waals surface area contributed by atoms with Crippen molar-refractivity contribution in [2.45, 2.75) is 12.8 Å². The molecule has 0 radical (unpaired) electrons. The van der Waals surface area contributed by atoms with Crippen LogP contribution in [0.4, 0.5) is 0 Å². The minimum absolute atomic E-state index is 0.263. The first-order valence-electron chi connectivity index (χ1n) is 4.46. The van der Waals surface area contributed by atoms with Crippen LogP contribution in [0.5, 0.6) is 0 Å². The Morgan fingerprint density at radius 1 is 1.67 bits per heavy atom. The van der Waals surface area contributed by atoms with Crippen LogP contribution in [0, 0.1) is 5.92 Å². The summed E-state index contributed by atoms with van der Waals surface area (Å²) in [6, 6.07) is 0. The van der Waals surface area contributed by atoms with Gasteiger partial charge >= 0.3 is 0 Å². The first-order chi connectivity index (χ1) is 5.79. The van der Waals surface area contributed by atoms with E-state index in [1.165, 1.54) is 5.70 Å². The largest absolute Gasteiger partial charge is 0.319 e. The van der Waals surface area contributed by atoms with E-state index < -0.39 is 0 Å². The maximum Gasteiger partial charge on any atom is 0.226 e. The summed E-state index contributed by atoms with van der Waals surface area (Å²) in [5, 5.41) is 3.30. The number of likely N-dealkylation sites (tertiary alicyclic amines) is 1. The van der Waals surface area contributed by atoms with E-state index in [0.29, 0.717) is 12.3 Å². The molecule has 0 saturated carbocycles. The Balaban J connectivity index is 2.22. The fraction of sp³-hybridized carbons (Fsp3) is 0.667. The van der Waals surface area contributed by atoms with Crippen molar-refractivity contribution < 1.29 is 4.79 Å². The van der Waals surface area contributed by atoms with Gasteiger partial charge in [-0.3, -0.25) is 4.79 Å². The molecule has 0 aromatic heterocycles. The van der Waals surface area contributed by atoms with Crippen LogP contribution >= 0.6 is 0 Å². The maximum absolute atomic E-state index is 11.3. The van der Waals surface area contributed by atoms with E-state index in [-0.39, 0.29) is 5.91 Å². The Morgan fingerprint density at radius 2 is 2.50 bits per heavy atom. The zero-order valence-electron chi connectivity index (χ0n) is 7.34. The topological polar surface area (TPSA) is 32.3 Å². The Labute approximate surface area is 72.4 Å². The summed E-state index contributed by atoms with van der Waals surface area (Å²) in [4.78, 5) is 13.1. The van der Waals surface area contributed by atoms with Gasteiger partial charge in [0.05, 0.1) is 0 Å². The lowest BCUT2D eigenvalue weighted by atomic mass is 9.91. The van der Waals surface area contributed by atoms with Gasteiger partial charge in [-0.15, -0.1) is 0 Å². The van der Waals surface area contributed by atoms with E-state index in [9.17, 15) is 4.79 Å². The Morgan fingerprint density at radius 3 is 3.33 bits per heavy atom. The Hall–Kier alpha value is -0.830. The number of hydrogen-bond acceptors (Lipinski definition) is 2. The van der Waals surface area contributed by atoms with Crippen LogP contribution in [0.2, 0.25) is 0 Å². The molecule has 1 unspecified atom stereocenters. The van der Waals surface area contributed by atoms with Gasteiger partial charge in [-0.25, -0.2) is 0 Å². The van der Waals surface area contributed by atoms with E-state index >= 15 is 0 Å². The molecule has 1 amide bonds. The number of fused-ring (bicyclic) bond motifs is 1. The van der Waals surface area contributed by atoms with Crippen LogP contribution in [0.1, 0.15) is 12.8 Å². The molecule has 12 heavy (non-hydrogen) atoms. The van der Waals surface area contributed by atoms with E-state index in [0.717, 1.165) is 19.5 Å². The Kier molecular flexibility index (Phi) is 1.89. The van der Waals surface area contributed by atoms with Crippen molar-refractivity contribution in [2.24, 2.45) is 5.92 Å². The van der Waals surface area contributed by atoms with Crippen molar-refractivity contribution in [1.29, 1.82) is 0 Å². The molecule has 2 rings (SSSR count). The lowest BCUT2D eigenvalue weighted by molar-refractivity contribution is -0.130. The number of hydrogen-bond donors (Lipinski definition) is 1. The second-order valence-corrected chi connectivity index (χ2v) is 3.48. The predicted octanol–water partition coefficient (Wildman–Crippen LogP) is 0.342. The van der Waals surface area contributed by atoms with E-state index in [2.05, 4.69) is 11.4 Å². The van der Waals surface area contributed by atoms with Gasteiger partial charge in [-0.2, -0.15) is 0 Å². The van der Waals surface area contributed by atoms with Crippen LogP contribution in [-0.4, -0.2) is 30.9 Å². The standard InChI is InChI=1S/C9H14N2O/c1-11-8-4-5-10-6-7(8)2-3-9(11)12/h4,7,10H,2-3,5-6H2,1H3. The van der Waals surface area contributed by atoms with E-state index in [1.54, 1.807) is 0 Å². The zero-order chi connectivity index (χ0) is 8.55. The van der Waals surface area contributed by atoms with Crippen molar-refractivity contribution in [3.05, 3.63) is 11.8 Å². The summed E-state index contributed by atoms with van der Waals surface area (Å²) in [6.45, 7) is 1.94. The number of piperidine rings is 1. The summed E-state index contributed by atoms with van der Waals surface area (Å²) >= 11 is 0. The van der Waals surface area contributed by atoms with Gasteiger partial charge in [0.15, 0.2) is 0 Å². The van der Waals surface area contributed by atoms with E-state index in [1.807, 2.05) is 11.9 Å². The van der Waals surface area contributed by atoms with Crippen LogP contribution in [0.25, 0.3) is 0 Å². The summed E-state index contributed by atoms with van der Waals surface area (Å²) in [7, 11) is 1.88. The molecule has 0 aliphatic carbocycles. The second-order valence-electron chi connectivity index (χ2n) is 3.48. The summed E-state index contributed by atoms with van der Waals surface area (Å²) in [6.07, 6.45) is 3.85. The van der Waals surface area contributed by atoms with Crippen molar-refractivity contribution >= 4 is 5.91 Å². The fourth-order valence-electron chi connectivity index (χ4n) is 1.98. The van der Waals surface area contributed by atoms with Gasteiger partial charge in [0.1, 0.15) is 0 Å². The number of amides is 1. The molecule has 0 aromatic rings. The highest BCUT2D eigenvalue weighted by molar-refractivity contribution is 5.79. The Bertz CT molecular complexity index is 235. The molecule has 1 N–H and O–H groups in total. The molecule has 0 aromatic carbocycles.